The lowest BCUT2D eigenvalue weighted by molar-refractivity contribution is -0.870. The molecule has 0 amide bonds. The Bertz CT molecular complexity index is 1610. The van der Waals surface area contributed by atoms with Gasteiger partial charge in [-0.2, -0.15) is 0 Å². The first-order valence-electron chi connectivity index (χ1n) is 35.6. The van der Waals surface area contributed by atoms with Gasteiger partial charge in [-0.15, -0.1) is 0 Å². The molecule has 0 aliphatic rings. The van der Waals surface area contributed by atoms with E-state index in [-0.39, 0.29) is 32.2 Å². The number of hydrogen-bond donors (Lipinski definition) is 1. The van der Waals surface area contributed by atoms with Crippen LogP contribution < -0.4 is 0 Å². The number of carbonyl (C=O) groups excluding carboxylic acids is 2. The number of carbonyl (C=O) groups is 3. The number of likely N-dealkylation sites (N-methyl/N-ethyl adjacent to an activating group) is 1. The SMILES string of the molecule is CC/C=C\C/C=C\C/C=C\C/C=C\C/C=C\C/C=C\CCCCCCCCCCCCCCC(=O)OC(COC(=O)CCCCCCCCCCCCCCCCCCCCCCCCCCCCCC)COC(OCC[N+](C)(C)C)C(=O)O. The molecule has 0 aliphatic carbocycles. The number of unbranched alkanes of at least 4 members (excludes halogenated alkanes) is 39. The van der Waals surface area contributed by atoms with Crippen molar-refractivity contribution in [1.82, 2.24) is 0 Å². The van der Waals surface area contributed by atoms with E-state index in [2.05, 4.69) is 86.8 Å². The number of nitrogens with zero attached hydrogens (tertiary/aromatic N) is 1. The van der Waals surface area contributed by atoms with E-state index in [0.29, 0.717) is 17.4 Å². The molecular weight excluding hydrogens is 1040 g/mol. The molecule has 9 heteroatoms. The molecule has 0 heterocycles. The Morgan fingerprint density at radius 2 is 0.679 bits per heavy atom. The van der Waals surface area contributed by atoms with Gasteiger partial charge in [-0.1, -0.05) is 324 Å². The van der Waals surface area contributed by atoms with E-state index in [9.17, 15) is 19.5 Å². The highest BCUT2D eigenvalue weighted by atomic mass is 16.7. The molecular formula is C75H136NO8+. The third kappa shape index (κ3) is 66.3. The van der Waals surface area contributed by atoms with E-state index < -0.39 is 24.3 Å². The molecule has 84 heavy (non-hydrogen) atoms. The fourth-order valence-corrected chi connectivity index (χ4v) is 10.3. The normalized spacial score (nSPS) is 13.1. The predicted molar refractivity (Wildman–Crippen MR) is 359 cm³/mol. The Balaban J connectivity index is 4.10. The minimum atomic E-state index is -1.51. The summed E-state index contributed by atoms with van der Waals surface area (Å²) < 4.78 is 23.0. The summed E-state index contributed by atoms with van der Waals surface area (Å²) in [6, 6.07) is 0. The molecule has 0 bridgehead atoms. The fourth-order valence-electron chi connectivity index (χ4n) is 10.3. The van der Waals surface area contributed by atoms with Crippen molar-refractivity contribution < 1.29 is 42.9 Å². The highest BCUT2D eigenvalue weighted by molar-refractivity contribution is 5.71. The van der Waals surface area contributed by atoms with Gasteiger partial charge < -0.3 is 28.5 Å². The fraction of sp³-hybridized carbons (Fsp3) is 0.800. The second-order valence-corrected chi connectivity index (χ2v) is 25.2. The van der Waals surface area contributed by atoms with Gasteiger partial charge in [0.15, 0.2) is 6.10 Å². The molecule has 0 saturated heterocycles. The van der Waals surface area contributed by atoms with Crippen molar-refractivity contribution in [1.29, 1.82) is 0 Å². The number of quaternary nitrogens is 1. The summed E-state index contributed by atoms with van der Waals surface area (Å²) in [6.45, 7) is 4.81. The van der Waals surface area contributed by atoms with E-state index in [1.807, 2.05) is 21.1 Å². The summed E-state index contributed by atoms with van der Waals surface area (Å²) >= 11 is 0. The lowest BCUT2D eigenvalue weighted by Crippen LogP contribution is -2.40. The number of hydrogen-bond acceptors (Lipinski definition) is 7. The maximum atomic E-state index is 12.9. The number of rotatable bonds is 66. The van der Waals surface area contributed by atoms with Gasteiger partial charge in [-0.3, -0.25) is 9.59 Å². The molecule has 0 rings (SSSR count). The zero-order valence-corrected chi connectivity index (χ0v) is 55.8. The maximum absolute atomic E-state index is 12.9. The van der Waals surface area contributed by atoms with Crippen LogP contribution in [0.1, 0.15) is 328 Å². The molecule has 0 spiro atoms. The van der Waals surface area contributed by atoms with Crippen LogP contribution in [0.2, 0.25) is 0 Å². The van der Waals surface area contributed by atoms with Crippen LogP contribution in [0.4, 0.5) is 0 Å². The van der Waals surface area contributed by atoms with E-state index in [1.165, 1.54) is 218 Å². The molecule has 0 fully saturated rings. The lowest BCUT2D eigenvalue weighted by Gasteiger charge is -2.25. The van der Waals surface area contributed by atoms with Crippen LogP contribution in [0.5, 0.6) is 0 Å². The van der Waals surface area contributed by atoms with Crippen LogP contribution in [-0.2, 0) is 33.3 Å². The number of carboxylic acids is 1. The van der Waals surface area contributed by atoms with Gasteiger partial charge in [0.1, 0.15) is 13.2 Å². The number of aliphatic carboxylic acids is 1. The molecule has 9 nitrogen and oxygen atoms in total. The molecule has 0 aromatic rings. The molecule has 2 atom stereocenters. The standard InChI is InChI=1S/C75H135NO8/c1-6-8-10-12-14-16-18-20-22-24-26-28-30-32-34-36-37-38-40-42-44-46-48-50-52-54-56-58-60-62-64-66-73(78)84-71(70-83-75(74(79)80)81-68-67-76(3,4)5)69-82-72(77)65-63-61-59-57-55-53-51-49-47-45-43-41-39-35-33-31-29-27-25-23-21-19-17-15-13-11-9-7-2/h8,10,14,16,20,22,26,28,32,34,37-38,71,75H,6-7,9,11-13,15,17-19,21,23-25,27,29-31,33,35-36,39-70H2,1-5H3/p+1/b10-8-,16-14-,22-20-,28-26-,34-32-,38-37-. The quantitative estimate of drug-likeness (QED) is 0.0211. The number of ether oxygens (including phenoxy) is 4. The van der Waals surface area contributed by atoms with Crippen LogP contribution in [0.15, 0.2) is 72.9 Å². The Hall–Kier alpha value is -3.27. The first-order chi connectivity index (χ1) is 41.1. The molecule has 2 unspecified atom stereocenters. The van der Waals surface area contributed by atoms with Crippen molar-refractivity contribution in [2.45, 2.75) is 341 Å². The highest BCUT2D eigenvalue weighted by Gasteiger charge is 2.25. The topological polar surface area (TPSA) is 108 Å². The van der Waals surface area contributed by atoms with Gasteiger partial charge in [0.2, 0.25) is 0 Å². The van der Waals surface area contributed by atoms with Gasteiger partial charge in [0, 0.05) is 12.8 Å². The summed E-state index contributed by atoms with van der Waals surface area (Å²) in [5, 5.41) is 9.75. The minimum absolute atomic E-state index is 0.181. The summed E-state index contributed by atoms with van der Waals surface area (Å²) in [4.78, 5) is 37.6. The van der Waals surface area contributed by atoms with Gasteiger partial charge in [0.25, 0.3) is 6.29 Å². The van der Waals surface area contributed by atoms with Crippen LogP contribution in [0.3, 0.4) is 0 Å². The molecule has 1 N–H and O–H groups in total. The van der Waals surface area contributed by atoms with Gasteiger partial charge >= 0.3 is 17.9 Å². The van der Waals surface area contributed by atoms with Crippen LogP contribution in [0, 0.1) is 0 Å². The van der Waals surface area contributed by atoms with Gasteiger partial charge in [-0.05, 0) is 64.2 Å². The van der Waals surface area contributed by atoms with Gasteiger partial charge in [-0.25, -0.2) is 4.79 Å². The molecule has 0 radical (unpaired) electrons. The third-order valence-corrected chi connectivity index (χ3v) is 15.7. The first kappa shape index (κ1) is 80.7. The van der Waals surface area contributed by atoms with Crippen molar-refractivity contribution >= 4 is 17.9 Å². The third-order valence-electron chi connectivity index (χ3n) is 15.7. The van der Waals surface area contributed by atoms with Crippen molar-refractivity contribution in [3.63, 3.8) is 0 Å². The Labute approximate surface area is 519 Å². The molecule has 0 aromatic carbocycles. The second-order valence-electron chi connectivity index (χ2n) is 25.2. The van der Waals surface area contributed by atoms with Crippen molar-refractivity contribution in [3.8, 4) is 0 Å². The van der Waals surface area contributed by atoms with Gasteiger partial charge in [0.05, 0.1) is 34.4 Å². The largest absolute Gasteiger partial charge is 0.477 e. The Morgan fingerprint density at radius 3 is 1.01 bits per heavy atom. The number of esters is 2. The monoisotopic (exact) mass is 1180 g/mol. The summed E-state index contributed by atoms with van der Waals surface area (Å²) in [5.41, 5.74) is 0. The second kappa shape index (κ2) is 65.7. The molecule has 0 aromatic heterocycles. The average Bonchev–Trinajstić information content (AvgIpc) is 3.51. The Kier molecular flexibility index (Phi) is 63.1. The van der Waals surface area contributed by atoms with E-state index >= 15 is 0 Å². The van der Waals surface area contributed by atoms with Crippen molar-refractivity contribution in [3.05, 3.63) is 72.9 Å². The average molecular weight is 1180 g/mol. The maximum Gasteiger partial charge on any atom is 0.361 e. The summed E-state index contributed by atoms with van der Waals surface area (Å²) in [5.74, 6) is -1.99. The Morgan fingerprint density at radius 1 is 0.369 bits per heavy atom. The van der Waals surface area contributed by atoms with E-state index in [1.54, 1.807) is 0 Å². The summed E-state index contributed by atoms with van der Waals surface area (Å²) in [6.07, 6.45) is 84.5. The number of allylic oxidation sites excluding steroid dienone is 12. The van der Waals surface area contributed by atoms with Crippen LogP contribution >= 0.6 is 0 Å². The van der Waals surface area contributed by atoms with E-state index in [4.69, 9.17) is 18.9 Å². The van der Waals surface area contributed by atoms with Crippen molar-refractivity contribution in [2.75, 3.05) is 47.5 Å². The van der Waals surface area contributed by atoms with Crippen LogP contribution in [-0.4, -0.2) is 87.4 Å². The highest BCUT2D eigenvalue weighted by Crippen LogP contribution is 2.18. The van der Waals surface area contributed by atoms with E-state index in [0.717, 1.165) is 83.5 Å². The molecule has 488 valence electrons. The van der Waals surface area contributed by atoms with Crippen molar-refractivity contribution in [2.24, 2.45) is 0 Å². The number of carboxylic acid groups (broad SMARTS) is 1. The lowest BCUT2D eigenvalue weighted by atomic mass is 10.0. The molecule has 0 saturated carbocycles. The molecule has 0 aliphatic heterocycles. The zero-order valence-electron chi connectivity index (χ0n) is 55.8. The first-order valence-corrected chi connectivity index (χ1v) is 35.6. The van der Waals surface area contributed by atoms with Crippen LogP contribution in [0.25, 0.3) is 0 Å². The predicted octanol–water partition coefficient (Wildman–Crippen LogP) is 22.1. The zero-order chi connectivity index (χ0) is 61.2. The summed E-state index contributed by atoms with van der Waals surface area (Å²) in [7, 11) is 5.98. The minimum Gasteiger partial charge on any atom is -0.477 e. The smallest absolute Gasteiger partial charge is 0.361 e.